The molecule has 7 heteroatoms. The van der Waals surface area contributed by atoms with Gasteiger partial charge < -0.3 is 35.0 Å². The third-order valence-electron chi connectivity index (χ3n) is 4.56. The summed E-state index contributed by atoms with van der Waals surface area (Å²) in [6, 6.07) is 0. The number of ether oxygens (including phenoxy) is 2. The molecular formula is C13H24O7. The second-order valence-corrected chi connectivity index (χ2v) is 5.69. The Labute approximate surface area is 117 Å². The Morgan fingerprint density at radius 3 is 2.05 bits per heavy atom. The molecule has 118 valence electrons. The van der Waals surface area contributed by atoms with Crippen LogP contribution in [0.4, 0.5) is 0 Å². The molecule has 0 bridgehead atoms. The molecule has 2 fully saturated rings. The molecule has 7 nitrogen and oxygen atoms in total. The lowest BCUT2D eigenvalue weighted by molar-refractivity contribution is -0.313. The van der Waals surface area contributed by atoms with Crippen LogP contribution in [-0.4, -0.2) is 81.5 Å². The van der Waals surface area contributed by atoms with Gasteiger partial charge >= 0.3 is 0 Å². The SMILES string of the molecule is OCCOCCOC(CO)C1(O)CCC1(O)C1(O)CC1. The number of aliphatic hydroxyl groups excluding tert-OH is 2. The minimum absolute atomic E-state index is 0.0832. The number of rotatable bonds is 9. The highest BCUT2D eigenvalue weighted by Gasteiger charge is 2.74. The van der Waals surface area contributed by atoms with Crippen LogP contribution in [0.5, 0.6) is 0 Å². The van der Waals surface area contributed by atoms with E-state index < -0.39 is 29.5 Å². The second-order valence-electron chi connectivity index (χ2n) is 5.69. The Hall–Kier alpha value is -0.280. The Kier molecular flexibility index (Phi) is 4.70. The molecule has 0 saturated heterocycles. The molecule has 2 saturated carbocycles. The van der Waals surface area contributed by atoms with Gasteiger partial charge in [-0.2, -0.15) is 0 Å². The summed E-state index contributed by atoms with van der Waals surface area (Å²) in [5, 5.41) is 49.2. The van der Waals surface area contributed by atoms with E-state index in [-0.39, 0.29) is 32.8 Å². The van der Waals surface area contributed by atoms with Crippen molar-refractivity contribution in [3.63, 3.8) is 0 Å². The first-order valence-corrected chi connectivity index (χ1v) is 7.02. The van der Waals surface area contributed by atoms with Crippen molar-refractivity contribution in [1.82, 2.24) is 0 Å². The van der Waals surface area contributed by atoms with Crippen molar-refractivity contribution in [2.45, 2.75) is 48.6 Å². The molecule has 0 spiro atoms. The second kappa shape index (κ2) is 5.84. The Morgan fingerprint density at radius 2 is 1.60 bits per heavy atom. The smallest absolute Gasteiger partial charge is 0.125 e. The van der Waals surface area contributed by atoms with Gasteiger partial charge in [0.1, 0.15) is 17.3 Å². The largest absolute Gasteiger partial charge is 0.394 e. The minimum Gasteiger partial charge on any atom is -0.394 e. The zero-order valence-corrected chi connectivity index (χ0v) is 11.5. The summed E-state index contributed by atoms with van der Waals surface area (Å²) in [4.78, 5) is 0. The van der Waals surface area contributed by atoms with Gasteiger partial charge in [0, 0.05) is 0 Å². The van der Waals surface area contributed by atoms with Crippen molar-refractivity contribution in [2.75, 3.05) is 33.0 Å². The van der Waals surface area contributed by atoms with E-state index in [1.54, 1.807) is 0 Å². The van der Waals surface area contributed by atoms with E-state index in [0.717, 1.165) is 0 Å². The summed E-state index contributed by atoms with van der Waals surface area (Å²) >= 11 is 0. The molecule has 0 amide bonds. The maximum atomic E-state index is 10.6. The first kappa shape index (κ1) is 16.1. The van der Waals surface area contributed by atoms with Crippen LogP contribution in [0.1, 0.15) is 25.7 Å². The Morgan fingerprint density at radius 1 is 0.900 bits per heavy atom. The van der Waals surface area contributed by atoms with Crippen molar-refractivity contribution in [3.8, 4) is 0 Å². The lowest BCUT2D eigenvalue weighted by atomic mass is 9.58. The van der Waals surface area contributed by atoms with Crippen molar-refractivity contribution in [2.24, 2.45) is 0 Å². The molecule has 2 aliphatic rings. The van der Waals surface area contributed by atoms with Crippen LogP contribution >= 0.6 is 0 Å². The third kappa shape index (κ3) is 2.48. The van der Waals surface area contributed by atoms with Gasteiger partial charge in [-0.15, -0.1) is 0 Å². The van der Waals surface area contributed by atoms with Crippen molar-refractivity contribution < 1.29 is 35.0 Å². The molecule has 0 aromatic rings. The fraction of sp³-hybridized carbons (Fsp3) is 1.00. The first-order chi connectivity index (χ1) is 9.43. The summed E-state index contributed by atoms with van der Waals surface area (Å²) in [5.41, 5.74) is -4.51. The predicted molar refractivity (Wildman–Crippen MR) is 68.0 cm³/mol. The van der Waals surface area contributed by atoms with E-state index in [2.05, 4.69) is 0 Å². The maximum absolute atomic E-state index is 10.6. The van der Waals surface area contributed by atoms with Gasteiger partial charge in [-0.25, -0.2) is 0 Å². The molecule has 0 aliphatic heterocycles. The van der Waals surface area contributed by atoms with Crippen LogP contribution in [0.2, 0.25) is 0 Å². The number of hydrogen-bond donors (Lipinski definition) is 5. The fourth-order valence-corrected chi connectivity index (χ4v) is 2.97. The Bertz CT molecular complexity index is 333. The van der Waals surface area contributed by atoms with E-state index in [1.807, 2.05) is 0 Å². The molecule has 2 aliphatic carbocycles. The summed E-state index contributed by atoms with van der Waals surface area (Å²) in [7, 11) is 0. The summed E-state index contributed by atoms with van der Waals surface area (Å²) < 4.78 is 10.4. The van der Waals surface area contributed by atoms with Gasteiger partial charge in [0.05, 0.1) is 38.6 Å². The molecule has 2 rings (SSSR count). The zero-order chi connectivity index (χ0) is 14.9. The molecule has 3 unspecified atom stereocenters. The lowest BCUT2D eigenvalue weighted by Crippen LogP contribution is -2.75. The van der Waals surface area contributed by atoms with E-state index >= 15 is 0 Å². The number of hydrogen-bond acceptors (Lipinski definition) is 7. The predicted octanol–water partition coefficient (Wildman–Crippen LogP) is -1.85. The topological polar surface area (TPSA) is 120 Å². The van der Waals surface area contributed by atoms with Crippen LogP contribution < -0.4 is 0 Å². The normalized spacial score (nSPS) is 36.5. The van der Waals surface area contributed by atoms with Gasteiger partial charge in [-0.3, -0.25) is 0 Å². The van der Waals surface area contributed by atoms with Gasteiger partial charge in [0.2, 0.25) is 0 Å². The quantitative estimate of drug-likeness (QED) is 0.317. The van der Waals surface area contributed by atoms with E-state index in [0.29, 0.717) is 19.3 Å². The monoisotopic (exact) mass is 292 g/mol. The van der Waals surface area contributed by atoms with Crippen LogP contribution in [0, 0.1) is 0 Å². The molecular weight excluding hydrogens is 268 g/mol. The molecule has 5 N–H and O–H groups in total. The molecule has 0 heterocycles. The number of aliphatic hydroxyl groups is 5. The molecule has 0 radical (unpaired) electrons. The average molecular weight is 292 g/mol. The van der Waals surface area contributed by atoms with Crippen molar-refractivity contribution in [1.29, 1.82) is 0 Å². The Balaban J connectivity index is 1.90. The van der Waals surface area contributed by atoms with Crippen molar-refractivity contribution in [3.05, 3.63) is 0 Å². The maximum Gasteiger partial charge on any atom is 0.125 e. The van der Waals surface area contributed by atoms with E-state index in [1.165, 1.54) is 0 Å². The first-order valence-electron chi connectivity index (χ1n) is 7.02. The van der Waals surface area contributed by atoms with Gasteiger partial charge in [-0.1, -0.05) is 0 Å². The van der Waals surface area contributed by atoms with Gasteiger partial charge in [0.15, 0.2) is 0 Å². The van der Waals surface area contributed by atoms with Crippen molar-refractivity contribution >= 4 is 0 Å². The summed E-state index contributed by atoms with van der Waals surface area (Å²) in [6.45, 7) is 0.00797. The molecule has 3 atom stereocenters. The molecule has 0 aromatic heterocycles. The van der Waals surface area contributed by atoms with Gasteiger partial charge in [-0.05, 0) is 25.7 Å². The zero-order valence-electron chi connectivity index (χ0n) is 11.5. The van der Waals surface area contributed by atoms with Crippen LogP contribution in [0.15, 0.2) is 0 Å². The van der Waals surface area contributed by atoms with E-state index in [9.17, 15) is 20.4 Å². The van der Waals surface area contributed by atoms with Crippen LogP contribution in [-0.2, 0) is 9.47 Å². The molecule has 20 heavy (non-hydrogen) atoms. The summed E-state index contributed by atoms with van der Waals surface area (Å²) in [5.74, 6) is 0. The van der Waals surface area contributed by atoms with Gasteiger partial charge in [0.25, 0.3) is 0 Å². The highest BCUT2D eigenvalue weighted by Crippen LogP contribution is 2.59. The molecule has 0 aromatic carbocycles. The lowest BCUT2D eigenvalue weighted by Gasteiger charge is -2.57. The fourth-order valence-electron chi connectivity index (χ4n) is 2.97. The highest BCUT2D eigenvalue weighted by atomic mass is 16.5. The minimum atomic E-state index is -1.63. The standard InChI is InChI=1S/C13H24O7/c14-5-6-19-7-8-20-10(9-15)12(17)3-4-13(12,18)11(16)1-2-11/h10,14-18H,1-9H2. The third-order valence-corrected chi connectivity index (χ3v) is 4.56. The highest BCUT2D eigenvalue weighted by molar-refractivity contribution is 5.26. The van der Waals surface area contributed by atoms with Crippen LogP contribution in [0.3, 0.4) is 0 Å². The summed E-state index contributed by atoms with van der Waals surface area (Å²) in [6.07, 6.45) is 0.492. The average Bonchev–Trinajstić information content (AvgIpc) is 3.19. The van der Waals surface area contributed by atoms with Crippen LogP contribution in [0.25, 0.3) is 0 Å². The van der Waals surface area contributed by atoms with E-state index in [4.69, 9.17) is 14.6 Å².